The van der Waals surface area contributed by atoms with Gasteiger partial charge < -0.3 is 29.6 Å². The van der Waals surface area contributed by atoms with Crippen LogP contribution in [-0.4, -0.2) is 33.5 Å². The van der Waals surface area contributed by atoms with Crippen LogP contribution in [0.1, 0.15) is 5.56 Å². The van der Waals surface area contributed by atoms with Gasteiger partial charge in [-0.15, -0.1) is 0 Å². The Morgan fingerprint density at radius 1 is 0.806 bits per heavy atom. The van der Waals surface area contributed by atoms with Crippen LogP contribution in [0, 0.1) is 0 Å². The van der Waals surface area contributed by atoms with Crippen molar-refractivity contribution in [1.29, 1.82) is 0 Å². The van der Waals surface area contributed by atoms with Crippen LogP contribution in [0.5, 0.6) is 23.0 Å². The van der Waals surface area contributed by atoms with Crippen LogP contribution in [0.15, 0.2) is 72.8 Å². The van der Waals surface area contributed by atoms with Gasteiger partial charge in [-0.3, -0.25) is 0 Å². The molecule has 0 aliphatic heterocycles. The van der Waals surface area contributed by atoms with Crippen LogP contribution in [0.3, 0.4) is 0 Å². The first-order valence-corrected chi connectivity index (χ1v) is 9.84. The lowest BCUT2D eigenvalue weighted by Crippen LogP contribution is -2.28. The summed E-state index contributed by atoms with van der Waals surface area (Å²) in [5.41, 5.74) is 1.63. The molecule has 7 heteroatoms. The Balaban J connectivity index is 1.46. The molecule has 3 rings (SSSR count). The molecule has 0 aliphatic carbocycles. The monoisotopic (exact) mass is 422 g/mol. The lowest BCUT2D eigenvalue weighted by atomic mass is 10.2. The van der Waals surface area contributed by atoms with Gasteiger partial charge in [-0.25, -0.2) is 4.79 Å². The maximum Gasteiger partial charge on any atom is 0.319 e. The first-order chi connectivity index (χ1) is 15.2. The van der Waals surface area contributed by atoms with Crippen LogP contribution in [0.4, 0.5) is 10.5 Å². The van der Waals surface area contributed by atoms with Crippen molar-refractivity contribution in [2.45, 2.75) is 6.54 Å². The second-order valence-electron chi connectivity index (χ2n) is 6.57. The summed E-state index contributed by atoms with van der Waals surface area (Å²) in [5, 5.41) is 5.63. The van der Waals surface area contributed by atoms with Crippen molar-refractivity contribution >= 4 is 11.7 Å². The highest BCUT2D eigenvalue weighted by atomic mass is 16.5. The molecule has 0 saturated carbocycles. The van der Waals surface area contributed by atoms with Crippen LogP contribution in [0.25, 0.3) is 0 Å². The van der Waals surface area contributed by atoms with Crippen LogP contribution in [0.2, 0.25) is 0 Å². The highest BCUT2D eigenvalue weighted by Crippen LogP contribution is 2.31. The summed E-state index contributed by atoms with van der Waals surface area (Å²) in [6.07, 6.45) is 0. The number of anilines is 1. The van der Waals surface area contributed by atoms with Crippen LogP contribution in [-0.2, 0) is 11.3 Å². The summed E-state index contributed by atoms with van der Waals surface area (Å²) < 4.78 is 21.6. The van der Waals surface area contributed by atoms with Gasteiger partial charge in [-0.1, -0.05) is 24.3 Å². The smallest absolute Gasteiger partial charge is 0.319 e. The second kappa shape index (κ2) is 11.5. The van der Waals surface area contributed by atoms with Gasteiger partial charge in [0.15, 0.2) is 11.5 Å². The molecule has 3 aromatic rings. The van der Waals surface area contributed by atoms with Crippen molar-refractivity contribution in [2.75, 3.05) is 32.8 Å². The van der Waals surface area contributed by atoms with Gasteiger partial charge in [-0.05, 0) is 54.1 Å². The largest absolute Gasteiger partial charge is 0.493 e. The predicted molar refractivity (Wildman–Crippen MR) is 119 cm³/mol. The van der Waals surface area contributed by atoms with E-state index < -0.39 is 0 Å². The van der Waals surface area contributed by atoms with Gasteiger partial charge in [-0.2, -0.15) is 0 Å². The van der Waals surface area contributed by atoms with E-state index in [0.717, 1.165) is 11.3 Å². The zero-order valence-electron chi connectivity index (χ0n) is 17.6. The van der Waals surface area contributed by atoms with Gasteiger partial charge in [0, 0.05) is 19.3 Å². The fourth-order valence-corrected chi connectivity index (χ4v) is 2.74. The number of hydrogen-bond acceptors (Lipinski definition) is 5. The predicted octanol–water partition coefficient (Wildman–Crippen LogP) is 4.83. The van der Waals surface area contributed by atoms with Crippen molar-refractivity contribution in [3.05, 3.63) is 78.4 Å². The summed E-state index contributed by atoms with van der Waals surface area (Å²) in [6, 6.07) is 21.8. The van der Waals surface area contributed by atoms with Gasteiger partial charge in [0.1, 0.15) is 18.1 Å². The molecular weight excluding hydrogens is 396 g/mol. The fraction of sp³-hybridized carbons (Fsp3) is 0.208. The molecule has 0 aliphatic rings. The zero-order valence-corrected chi connectivity index (χ0v) is 17.6. The van der Waals surface area contributed by atoms with E-state index in [4.69, 9.17) is 18.9 Å². The normalized spacial score (nSPS) is 10.3. The Labute approximate surface area is 181 Å². The summed E-state index contributed by atoms with van der Waals surface area (Å²) in [4.78, 5) is 12.2. The molecule has 162 valence electrons. The molecule has 0 radical (unpaired) electrons. The molecule has 0 fully saturated rings. The van der Waals surface area contributed by atoms with Crippen molar-refractivity contribution in [2.24, 2.45) is 0 Å². The number of methoxy groups -OCH3 is 2. The first kappa shape index (κ1) is 22.0. The van der Waals surface area contributed by atoms with Crippen molar-refractivity contribution in [3.63, 3.8) is 0 Å². The summed E-state index contributed by atoms with van der Waals surface area (Å²) in [6.45, 7) is 1.44. The highest BCUT2D eigenvalue weighted by Gasteiger charge is 2.06. The Morgan fingerprint density at radius 2 is 1.48 bits per heavy atom. The number of rotatable bonds is 10. The summed E-state index contributed by atoms with van der Waals surface area (Å²) >= 11 is 0. The number of hydrogen-bond donors (Lipinski definition) is 2. The molecule has 0 heterocycles. The molecular formula is C24H26N2O5. The number of benzene rings is 3. The number of para-hydroxylation sites is 2. The Kier molecular flexibility index (Phi) is 8.13. The van der Waals surface area contributed by atoms with Crippen LogP contribution >= 0.6 is 0 Å². The van der Waals surface area contributed by atoms with E-state index in [1.165, 1.54) is 0 Å². The summed E-state index contributed by atoms with van der Waals surface area (Å²) in [5.74, 6) is 2.68. The van der Waals surface area contributed by atoms with E-state index in [0.29, 0.717) is 42.7 Å². The number of carbonyl (C=O) groups is 1. The molecule has 31 heavy (non-hydrogen) atoms. The topological polar surface area (TPSA) is 78.1 Å². The maximum atomic E-state index is 12.2. The quantitative estimate of drug-likeness (QED) is 0.458. The first-order valence-electron chi connectivity index (χ1n) is 9.84. The SMILES string of the molecule is COCCOc1ccc(CNC(=O)Nc2ccc(Oc3ccccc3OC)cc2)cc1. The number of urea groups is 1. The van der Waals surface area contributed by atoms with Crippen molar-refractivity contribution in [1.82, 2.24) is 5.32 Å². The fourth-order valence-electron chi connectivity index (χ4n) is 2.74. The molecule has 0 saturated heterocycles. The molecule has 0 aromatic heterocycles. The minimum absolute atomic E-state index is 0.293. The van der Waals surface area contributed by atoms with Gasteiger partial charge in [0.2, 0.25) is 0 Å². The molecule has 7 nitrogen and oxygen atoms in total. The van der Waals surface area contributed by atoms with E-state index in [-0.39, 0.29) is 6.03 Å². The lowest BCUT2D eigenvalue weighted by molar-refractivity contribution is 0.146. The van der Waals surface area contributed by atoms with Gasteiger partial charge in [0.05, 0.1) is 13.7 Å². The maximum absolute atomic E-state index is 12.2. The Bertz CT molecular complexity index is 958. The number of ether oxygens (including phenoxy) is 4. The number of carbonyl (C=O) groups excluding carboxylic acids is 1. The molecule has 2 amide bonds. The molecule has 3 aromatic carbocycles. The third kappa shape index (κ3) is 6.94. The highest BCUT2D eigenvalue weighted by molar-refractivity contribution is 5.89. The minimum Gasteiger partial charge on any atom is -0.493 e. The van der Waals surface area contributed by atoms with E-state index in [2.05, 4.69) is 10.6 Å². The standard InChI is InChI=1S/C24H26N2O5/c1-28-15-16-30-20-11-7-18(8-12-20)17-25-24(27)26-19-9-13-21(14-10-19)31-23-6-4-3-5-22(23)29-2/h3-14H,15-17H2,1-2H3,(H2,25,26,27). The summed E-state index contributed by atoms with van der Waals surface area (Å²) in [7, 11) is 3.23. The van der Waals surface area contributed by atoms with E-state index >= 15 is 0 Å². The molecule has 0 atom stereocenters. The van der Waals surface area contributed by atoms with E-state index in [1.54, 1.807) is 38.5 Å². The Hall–Kier alpha value is -3.71. The molecule has 0 spiro atoms. The Morgan fingerprint density at radius 3 is 2.16 bits per heavy atom. The number of amides is 2. The van der Waals surface area contributed by atoms with E-state index in [9.17, 15) is 4.79 Å². The lowest BCUT2D eigenvalue weighted by Gasteiger charge is -2.11. The second-order valence-corrected chi connectivity index (χ2v) is 6.57. The average molecular weight is 422 g/mol. The molecule has 2 N–H and O–H groups in total. The van der Waals surface area contributed by atoms with Crippen molar-refractivity contribution < 1.29 is 23.7 Å². The average Bonchev–Trinajstić information content (AvgIpc) is 2.80. The van der Waals surface area contributed by atoms with Gasteiger partial charge in [0.25, 0.3) is 0 Å². The molecule has 0 unspecified atom stereocenters. The third-order valence-electron chi connectivity index (χ3n) is 4.34. The third-order valence-corrected chi connectivity index (χ3v) is 4.34. The van der Waals surface area contributed by atoms with Crippen molar-refractivity contribution in [3.8, 4) is 23.0 Å². The molecule has 0 bridgehead atoms. The minimum atomic E-state index is -0.293. The number of nitrogens with one attached hydrogen (secondary N) is 2. The van der Waals surface area contributed by atoms with Crippen LogP contribution < -0.4 is 24.8 Å². The zero-order chi connectivity index (χ0) is 21.9. The van der Waals surface area contributed by atoms with Gasteiger partial charge >= 0.3 is 6.03 Å². The van der Waals surface area contributed by atoms with E-state index in [1.807, 2.05) is 48.5 Å².